The summed E-state index contributed by atoms with van der Waals surface area (Å²) in [5.41, 5.74) is 4.87. The van der Waals surface area contributed by atoms with Gasteiger partial charge in [-0.3, -0.25) is 0 Å². The quantitative estimate of drug-likeness (QED) is 0.710. The number of carbonyl (C=O) groups is 1. The predicted molar refractivity (Wildman–Crippen MR) is 89.9 cm³/mol. The Morgan fingerprint density at radius 1 is 1.35 bits per heavy atom. The van der Waals surface area contributed by atoms with Crippen LogP contribution in [-0.2, 0) is 12.6 Å². The summed E-state index contributed by atoms with van der Waals surface area (Å²) in [5, 5.41) is 3.12. The maximum absolute atomic E-state index is 13.0. The Morgan fingerprint density at radius 3 is 2.65 bits per heavy atom. The molecule has 1 aromatic heterocycles. The Bertz CT molecular complexity index is 759. The molecule has 1 heterocycles. The molecule has 2 amide bonds. The third-order valence-electron chi connectivity index (χ3n) is 3.99. The molecule has 1 aromatic carbocycles. The van der Waals surface area contributed by atoms with Crippen LogP contribution in [0, 0.1) is 0 Å². The normalized spacial score (nSPS) is 11.7. The molecule has 0 bridgehead atoms. The van der Waals surface area contributed by atoms with E-state index in [0.717, 1.165) is 0 Å². The number of aromatic nitrogens is 1. The number of halogens is 3. The molecule has 0 aliphatic carbocycles. The van der Waals surface area contributed by atoms with Crippen LogP contribution in [0.2, 0.25) is 0 Å². The van der Waals surface area contributed by atoms with Crippen LogP contribution >= 0.6 is 0 Å². The van der Waals surface area contributed by atoms with Crippen LogP contribution in [-0.4, -0.2) is 35.8 Å². The molecule has 2 aromatic rings. The summed E-state index contributed by atoms with van der Waals surface area (Å²) in [5.74, 6) is 0.464. The molecule has 26 heavy (non-hydrogen) atoms. The first-order chi connectivity index (χ1) is 12.3. The van der Waals surface area contributed by atoms with Crippen LogP contribution in [0.1, 0.15) is 37.9 Å². The van der Waals surface area contributed by atoms with Gasteiger partial charge >= 0.3 is 12.2 Å². The highest BCUT2D eigenvalue weighted by Crippen LogP contribution is 2.38. The van der Waals surface area contributed by atoms with Crippen LogP contribution in [0.15, 0.2) is 16.7 Å². The van der Waals surface area contributed by atoms with Crippen molar-refractivity contribution in [2.24, 2.45) is 5.73 Å². The van der Waals surface area contributed by atoms with E-state index in [1.165, 1.54) is 17.0 Å². The molecular weight excluding hydrogens is 351 g/mol. The number of benzene rings is 1. The number of nitrogens with two attached hydrogens (primary N) is 1. The second kappa shape index (κ2) is 8.29. The zero-order valence-corrected chi connectivity index (χ0v) is 14.7. The van der Waals surface area contributed by atoms with Gasteiger partial charge in [-0.2, -0.15) is 13.2 Å². The highest BCUT2D eigenvalue weighted by atomic mass is 19.4. The minimum Gasteiger partial charge on any atom is -0.493 e. The average molecular weight is 373 g/mol. The highest BCUT2D eigenvalue weighted by molar-refractivity contribution is 5.85. The van der Waals surface area contributed by atoms with Gasteiger partial charge in [0.15, 0.2) is 11.3 Å². The van der Waals surface area contributed by atoms with Crippen molar-refractivity contribution in [1.82, 2.24) is 10.1 Å². The van der Waals surface area contributed by atoms with Gasteiger partial charge in [-0.25, -0.2) is 4.79 Å². The van der Waals surface area contributed by atoms with Gasteiger partial charge in [0.25, 0.3) is 0 Å². The number of primary amides is 1. The Morgan fingerprint density at radius 2 is 2.08 bits per heavy atom. The molecule has 0 aliphatic rings. The molecule has 9 heteroatoms. The fourth-order valence-corrected chi connectivity index (χ4v) is 2.73. The van der Waals surface area contributed by atoms with E-state index in [-0.39, 0.29) is 11.0 Å². The standard InChI is InChI=1S/C17H22F3N3O3/c1-3-6-11-13(25-10-5-9-23(4-2)16(21)24)8-7-12-14(11)26-22-15(12)17(18,19)20/h7-8H,3-6,9-10H2,1-2H3,(H2,21,24). The van der Waals surface area contributed by atoms with E-state index in [1.54, 1.807) is 0 Å². The Kier molecular flexibility index (Phi) is 6.33. The largest absolute Gasteiger partial charge is 0.493 e. The summed E-state index contributed by atoms with van der Waals surface area (Å²) < 4.78 is 49.7. The fourth-order valence-electron chi connectivity index (χ4n) is 2.73. The number of carbonyl (C=O) groups excluding carboxylic acids is 1. The summed E-state index contributed by atoms with van der Waals surface area (Å²) in [6.45, 7) is 4.97. The lowest BCUT2D eigenvalue weighted by atomic mass is 10.0. The van der Waals surface area contributed by atoms with E-state index in [1.807, 2.05) is 13.8 Å². The first kappa shape index (κ1) is 19.9. The number of nitrogens with zero attached hydrogens (tertiary/aromatic N) is 2. The number of hydrogen-bond donors (Lipinski definition) is 1. The number of alkyl halides is 3. The topological polar surface area (TPSA) is 81.6 Å². The molecule has 0 aliphatic heterocycles. The molecule has 2 rings (SSSR count). The maximum atomic E-state index is 13.0. The van der Waals surface area contributed by atoms with E-state index in [0.29, 0.717) is 50.3 Å². The molecule has 0 saturated carbocycles. The van der Waals surface area contributed by atoms with E-state index in [4.69, 9.17) is 15.0 Å². The van der Waals surface area contributed by atoms with Crippen LogP contribution in [0.4, 0.5) is 18.0 Å². The number of aryl methyl sites for hydroxylation is 1. The van der Waals surface area contributed by atoms with Crippen LogP contribution in [0.5, 0.6) is 5.75 Å². The van der Waals surface area contributed by atoms with Crippen LogP contribution in [0.3, 0.4) is 0 Å². The predicted octanol–water partition coefficient (Wildman–Crippen LogP) is 3.97. The molecule has 2 N–H and O–H groups in total. The number of rotatable bonds is 8. The Labute approximate surface area is 149 Å². The van der Waals surface area contributed by atoms with Crippen molar-refractivity contribution in [1.29, 1.82) is 0 Å². The van der Waals surface area contributed by atoms with Crippen molar-refractivity contribution < 1.29 is 27.2 Å². The number of amides is 2. The summed E-state index contributed by atoms with van der Waals surface area (Å²) in [6, 6.07) is 2.32. The summed E-state index contributed by atoms with van der Waals surface area (Å²) >= 11 is 0. The monoisotopic (exact) mass is 373 g/mol. The van der Waals surface area contributed by atoms with Crippen molar-refractivity contribution >= 4 is 17.0 Å². The van der Waals surface area contributed by atoms with Crippen molar-refractivity contribution in [3.63, 3.8) is 0 Å². The minimum absolute atomic E-state index is 0.0702. The zero-order valence-electron chi connectivity index (χ0n) is 14.7. The van der Waals surface area contributed by atoms with Gasteiger partial charge in [0.1, 0.15) is 5.75 Å². The molecule has 0 fully saturated rings. The lowest BCUT2D eigenvalue weighted by Crippen LogP contribution is -2.36. The van der Waals surface area contributed by atoms with Gasteiger partial charge in [0.05, 0.1) is 12.0 Å². The van der Waals surface area contributed by atoms with Crippen LogP contribution in [0.25, 0.3) is 11.0 Å². The van der Waals surface area contributed by atoms with Gasteiger partial charge in [0.2, 0.25) is 0 Å². The van der Waals surface area contributed by atoms with Gasteiger partial charge < -0.3 is 19.9 Å². The van der Waals surface area contributed by atoms with Crippen molar-refractivity contribution in [2.45, 2.75) is 39.3 Å². The molecule has 0 radical (unpaired) electrons. The van der Waals surface area contributed by atoms with E-state index in [2.05, 4.69) is 5.16 Å². The number of ether oxygens (including phenoxy) is 1. The lowest BCUT2D eigenvalue weighted by Gasteiger charge is -2.18. The number of hydrogen-bond acceptors (Lipinski definition) is 4. The highest BCUT2D eigenvalue weighted by Gasteiger charge is 2.37. The molecule has 0 unspecified atom stereocenters. The van der Waals surface area contributed by atoms with Crippen molar-refractivity contribution in [3.05, 3.63) is 23.4 Å². The van der Waals surface area contributed by atoms with E-state index < -0.39 is 17.9 Å². The van der Waals surface area contributed by atoms with E-state index >= 15 is 0 Å². The maximum Gasteiger partial charge on any atom is 0.437 e. The molecular formula is C17H22F3N3O3. The average Bonchev–Trinajstić information content (AvgIpc) is 3.00. The SMILES string of the molecule is CCCc1c(OCCCN(CC)C(N)=O)ccc2c(C(F)(F)F)noc12. The van der Waals surface area contributed by atoms with Crippen molar-refractivity contribution in [2.75, 3.05) is 19.7 Å². The third-order valence-corrected chi connectivity index (χ3v) is 3.99. The molecule has 0 spiro atoms. The summed E-state index contributed by atoms with van der Waals surface area (Å²) in [4.78, 5) is 12.6. The Hall–Kier alpha value is -2.45. The second-order valence-corrected chi connectivity index (χ2v) is 5.82. The van der Waals surface area contributed by atoms with Gasteiger partial charge in [0, 0.05) is 18.7 Å². The Balaban J connectivity index is 2.17. The zero-order chi connectivity index (χ0) is 19.3. The summed E-state index contributed by atoms with van der Waals surface area (Å²) in [7, 11) is 0. The lowest BCUT2D eigenvalue weighted by molar-refractivity contribution is -0.141. The number of urea groups is 1. The third kappa shape index (κ3) is 4.39. The van der Waals surface area contributed by atoms with E-state index in [9.17, 15) is 18.0 Å². The molecule has 6 nitrogen and oxygen atoms in total. The molecule has 0 saturated heterocycles. The first-order valence-electron chi connectivity index (χ1n) is 8.45. The smallest absolute Gasteiger partial charge is 0.437 e. The van der Waals surface area contributed by atoms with Gasteiger partial charge in [-0.05, 0) is 31.9 Å². The van der Waals surface area contributed by atoms with Gasteiger partial charge in [-0.15, -0.1) is 0 Å². The van der Waals surface area contributed by atoms with Gasteiger partial charge in [-0.1, -0.05) is 18.5 Å². The first-order valence-corrected chi connectivity index (χ1v) is 8.45. The minimum atomic E-state index is -4.57. The summed E-state index contributed by atoms with van der Waals surface area (Å²) in [6.07, 6.45) is -2.82. The second-order valence-electron chi connectivity index (χ2n) is 5.82. The molecule has 0 atom stereocenters. The fraction of sp³-hybridized carbons (Fsp3) is 0.529. The molecule has 144 valence electrons. The number of fused-ring (bicyclic) bond motifs is 1. The van der Waals surface area contributed by atoms with Crippen molar-refractivity contribution in [3.8, 4) is 5.75 Å². The van der Waals surface area contributed by atoms with Crippen LogP contribution < -0.4 is 10.5 Å².